The Balaban J connectivity index is 2.72. The maximum absolute atomic E-state index is 4.49. The van der Waals surface area contributed by atoms with Gasteiger partial charge in [0.2, 0.25) is 5.13 Å². The fourth-order valence-electron chi connectivity index (χ4n) is 1.21. The van der Waals surface area contributed by atoms with Crippen molar-refractivity contribution in [3.8, 4) is 0 Å². The molecule has 86 valence electrons. The Morgan fingerprint density at radius 3 is 2.33 bits per heavy atom. The van der Waals surface area contributed by atoms with E-state index in [1.165, 1.54) is 11.5 Å². The van der Waals surface area contributed by atoms with Gasteiger partial charge in [0.15, 0.2) is 0 Å². The molecule has 0 aromatic carbocycles. The van der Waals surface area contributed by atoms with Gasteiger partial charge in [-0.05, 0) is 19.8 Å². The molecule has 0 aliphatic rings. The van der Waals surface area contributed by atoms with E-state index in [1.807, 2.05) is 0 Å². The molecule has 4 heteroatoms. The Morgan fingerprint density at radius 1 is 1.33 bits per heavy atom. The van der Waals surface area contributed by atoms with E-state index in [1.54, 1.807) is 0 Å². The maximum Gasteiger partial charge on any atom is 0.203 e. The van der Waals surface area contributed by atoms with Gasteiger partial charge in [-0.15, -0.1) is 0 Å². The van der Waals surface area contributed by atoms with Crippen molar-refractivity contribution < 1.29 is 0 Å². The zero-order chi connectivity index (χ0) is 11.5. The van der Waals surface area contributed by atoms with E-state index in [-0.39, 0.29) is 5.54 Å². The second-order valence-corrected chi connectivity index (χ2v) is 5.26. The summed E-state index contributed by atoms with van der Waals surface area (Å²) in [4.78, 5) is 4.49. The lowest BCUT2D eigenvalue weighted by Crippen LogP contribution is -2.32. The molecule has 0 saturated heterocycles. The Hall–Kier alpha value is -0.640. The fraction of sp³-hybridized carbons (Fsp3) is 0.818. The van der Waals surface area contributed by atoms with Gasteiger partial charge in [0.05, 0.1) is 0 Å². The molecule has 3 nitrogen and oxygen atoms in total. The van der Waals surface area contributed by atoms with Crippen molar-refractivity contribution in [2.75, 3.05) is 5.32 Å². The summed E-state index contributed by atoms with van der Waals surface area (Å²) in [6.07, 6.45) is 2.19. The fourth-order valence-corrected chi connectivity index (χ4v) is 2.06. The minimum absolute atomic E-state index is 0.147. The van der Waals surface area contributed by atoms with Crippen LogP contribution in [0.5, 0.6) is 0 Å². The van der Waals surface area contributed by atoms with E-state index in [4.69, 9.17) is 0 Å². The third kappa shape index (κ3) is 3.16. The van der Waals surface area contributed by atoms with Crippen molar-refractivity contribution in [2.24, 2.45) is 0 Å². The standard InChI is InChI=1S/C11H21N3S/c1-6-11(5,7-2)13-10-12-9(8(3)4)14-15-10/h8H,6-7H2,1-5H3,(H,12,13,14). The van der Waals surface area contributed by atoms with Crippen molar-refractivity contribution >= 4 is 16.7 Å². The minimum atomic E-state index is 0.147. The molecule has 15 heavy (non-hydrogen) atoms. The number of aromatic nitrogens is 2. The molecular formula is C11H21N3S. The lowest BCUT2D eigenvalue weighted by atomic mass is 9.96. The summed E-state index contributed by atoms with van der Waals surface area (Å²) in [7, 11) is 0. The van der Waals surface area contributed by atoms with Crippen molar-refractivity contribution in [1.29, 1.82) is 0 Å². The van der Waals surface area contributed by atoms with Crippen molar-refractivity contribution in [1.82, 2.24) is 9.36 Å². The minimum Gasteiger partial charge on any atom is -0.355 e. The molecule has 1 heterocycles. The van der Waals surface area contributed by atoms with Crippen LogP contribution in [0.1, 0.15) is 59.2 Å². The van der Waals surface area contributed by atoms with Gasteiger partial charge < -0.3 is 5.32 Å². The van der Waals surface area contributed by atoms with Gasteiger partial charge in [-0.1, -0.05) is 27.7 Å². The van der Waals surface area contributed by atoms with Crippen LogP contribution in [0.25, 0.3) is 0 Å². The number of rotatable bonds is 5. The Bertz CT molecular complexity index is 303. The van der Waals surface area contributed by atoms with Gasteiger partial charge in [-0.2, -0.15) is 4.37 Å². The van der Waals surface area contributed by atoms with Gasteiger partial charge in [0.25, 0.3) is 0 Å². The second-order valence-electron chi connectivity index (χ2n) is 4.51. The number of hydrogen-bond acceptors (Lipinski definition) is 4. The SMILES string of the molecule is CCC(C)(CC)Nc1nc(C(C)C)ns1. The quantitative estimate of drug-likeness (QED) is 0.834. The lowest BCUT2D eigenvalue weighted by Gasteiger charge is -2.27. The largest absolute Gasteiger partial charge is 0.355 e. The van der Waals surface area contributed by atoms with Gasteiger partial charge in [-0.25, -0.2) is 4.98 Å². The van der Waals surface area contributed by atoms with Gasteiger partial charge in [0.1, 0.15) is 5.82 Å². The van der Waals surface area contributed by atoms with Crippen LogP contribution >= 0.6 is 11.5 Å². The number of hydrogen-bond donors (Lipinski definition) is 1. The molecule has 0 atom stereocenters. The molecule has 0 bridgehead atoms. The Labute approximate surface area is 96.5 Å². The second kappa shape index (κ2) is 4.92. The van der Waals surface area contributed by atoms with Crippen molar-refractivity contribution in [2.45, 2.75) is 58.9 Å². The van der Waals surface area contributed by atoms with E-state index in [2.05, 4.69) is 49.3 Å². The summed E-state index contributed by atoms with van der Waals surface area (Å²) < 4.78 is 4.34. The number of nitrogens with one attached hydrogen (secondary N) is 1. The average molecular weight is 227 g/mol. The molecule has 0 spiro atoms. The van der Waals surface area contributed by atoms with E-state index in [9.17, 15) is 0 Å². The number of nitrogens with zero attached hydrogens (tertiary/aromatic N) is 2. The van der Waals surface area contributed by atoms with Crippen LogP contribution in [-0.4, -0.2) is 14.9 Å². The summed E-state index contributed by atoms with van der Waals surface area (Å²) in [6, 6.07) is 0. The monoisotopic (exact) mass is 227 g/mol. The zero-order valence-corrected chi connectivity index (χ0v) is 11.1. The molecule has 0 aliphatic carbocycles. The molecule has 1 aromatic rings. The smallest absolute Gasteiger partial charge is 0.203 e. The highest BCUT2D eigenvalue weighted by atomic mass is 32.1. The highest BCUT2D eigenvalue weighted by Gasteiger charge is 2.21. The van der Waals surface area contributed by atoms with Crippen molar-refractivity contribution in [3.05, 3.63) is 5.82 Å². The molecule has 0 saturated carbocycles. The average Bonchev–Trinajstić information content (AvgIpc) is 2.66. The van der Waals surface area contributed by atoms with Crippen LogP contribution in [0.15, 0.2) is 0 Å². The molecular weight excluding hydrogens is 206 g/mol. The van der Waals surface area contributed by atoms with Crippen LogP contribution in [0, 0.1) is 0 Å². The highest BCUT2D eigenvalue weighted by Crippen LogP contribution is 2.24. The van der Waals surface area contributed by atoms with Crippen LogP contribution in [0.2, 0.25) is 0 Å². The molecule has 1 aromatic heterocycles. The van der Waals surface area contributed by atoms with E-state index < -0.39 is 0 Å². The number of anilines is 1. The van der Waals surface area contributed by atoms with Crippen LogP contribution in [0.3, 0.4) is 0 Å². The lowest BCUT2D eigenvalue weighted by molar-refractivity contribution is 0.478. The van der Waals surface area contributed by atoms with Crippen LogP contribution in [-0.2, 0) is 0 Å². The molecule has 0 amide bonds. The first kappa shape index (κ1) is 12.4. The Morgan fingerprint density at radius 2 is 1.93 bits per heavy atom. The van der Waals surface area contributed by atoms with Gasteiger partial charge in [-0.3, -0.25) is 0 Å². The summed E-state index contributed by atoms with van der Waals surface area (Å²) in [6.45, 7) is 10.8. The zero-order valence-electron chi connectivity index (χ0n) is 10.3. The van der Waals surface area contributed by atoms with Crippen LogP contribution < -0.4 is 5.32 Å². The van der Waals surface area contributed by atoms with Gasteiger partial charge in [0, 0.05) is 23.0 Å². The third-order valence-electron chi connectivity index (χ3n) is 2.93. The first-order valence-corrected chi connectivity index (χ1v) is 6.40. The summed E-state index contributed by atoms with van der Waals surface area (Å²) in [5, 5.41) is 4.42. The first-order chi connectivity index (χ1) is 7.00. The molecule has 1 N–H and O–H groups in total. The Kier molecular flexibility index (Phi) is 4.08. The summed E-state index contributed by atoms with van der Waals surface area (Å²) >= 11 is 1.46. The van der Waals surface area contributed by atoms with Gasteiger partial charge >= 0.3 is 0 Å². The predicted molar refractivity (Wildman–Crippen MR) is 66.6 cm³/mol. The third-order valence-corrected chi connectivity index (χ3v) is 3.57. The van der Waals surface area contributed by atoms with E-state index in [0.717, 1.165) is 23.8 Å². The topological polar surface area (TPSA) is 37.8 Å². The molecule has 0 unspecified atom stereocenters. The van der Waals surface area contributed by atoms with Crippen LogP contribution in [0.4, 0.5) is 5.13 Å². The highest BCUT2D eigenvalue weighted by molar-refractivity contribution is 7.09. The molecule has 0 aliphatic heterocycles. The van der Waals surface area contributed by atoms with E-state index >= 15 is 0 Å². The molecule has 1 rings (SSSR count). The first-order valence-electron chi connectivity index (χ1n) is 5.62. The maximum atomic E-state index is 4.49. The van der Waals surface area contributed by atoms with E-state index in [0.29, 0.717) is 5.92 Å². The normalized spacial score (nSPS) is 12.1. The van der Waals surface area contributed by atoms with Crippen molar-refractivity contribution in [3.63, 3.8) is 0 Å². The summed E-state index contributed by atoms with van der Waals surface area (Å²) in [5.74, 6) is 1.35. The molecule has 0 radical (unpaired) electrons. The predicted octanol–water partition coefficient (Wildman–Crippen LogP) is 3.65. The summed E-state index contributed by atoms with van der Waals surface area (Å²) in [5.41, 5.74) is 0.147. The molecule has 0 fully saturated rings.